The highest BCUT2D eigenvalue weighted by molar-refractivity contribution is 4.95. The van der Waals surface area contributed by atoms with Gasteiger partial charge in [-0.05, 0) is 12.8 Å². The van der Waals surface area contributed by atoms with Gasteiger partial charge < -0.3 is 5.11 Å². The van der Waals surface area contributed by atoms with Gasteiger partial charge in [-0.1, -0.05) is 57.4 Å². The largest absolute Gasteiger partial charge is 0.386 e. The average molecular weight is 196 g/mol. The summed E-state index contributed by atoms with van der Waals surface area (Å²) in [6.07, 6.45) is 13.9. The molecule has 0 aromatic rings. The Bertz CT molecular complexity index is 151. The highest BCUT2D eigenvalue weighted by Crippen LogP contribution is 2.25. The van der Waals surface area contributed by atoms with E-state index in [4.69, 9.17) is 0 Å². The molecule has 0 bridgehead atoms. The summed E-state index contributed by atoms with van der Waals surface area (Å²) in [5.41, 5.74) is -0.565. The second-order valence-electron chi connectivity index (χ2n) is 4.64. The lowest BCUT2D eigenvalue weighted by Gasteiger charge is -2.24. The van der Waals surface area contributed by atoms with Crippen LogP contribution in [0.2, 0.25) is 0 Å². The van der Waals surface area contributed by atoms with Crippen molar-refractivity contribution in [3.63, 3.8) is 0 Å². The summed E-state index contributed by atoms with van der Waals surface area (Å²) in [5, 5.41) is 10.2. The predicted molar refractivity (Wildman–Crippen MR) is 61.3 cm³/mol. The number of hydrogen-bond donors (Lipinski definition) is 1. The molecule has 1 rings (SSSR count). The van der Waals surface area contributed by atoms with Gasteiger partial charge in [-0.3, -0.25) is 0 Å². The van der Waals surface area contributed by atoms with Gasteiger partial charge in [0.2, 0.25) is 0 Å². The van der Waals surface area contributed by atoms with Crippen LogP contribution >= 0.6 is 0 Å². The molecule has 0 radical (unpaired) electrons. The maximum Gasteiger partial charge on any atom is 0.0825 e. The third-order valence-electron chi connectivity index (χ3n) is 3.35. The molecule has 1 heteroatoms. The van der Waals surface area contributed by atoms with Crippen molar-refractivity contribution in [3.05, 3.63) is 12.7 Å². The summed E-state index contributed by atoms with van der Waals surface area (Å²) >= 11 is 0. The lowest BCUT2D eigenvalue weighted by Crippen LogP contribution is -2.25. The van der Waals surface area contributed by atoms with Crippen molar-refractivity contribution in [3.8, 4) is 0 Å². The summed E-state index contributed by atoms with van der Waals surface area (Å²) in [6.45, 7) is 3.76. The highest BCUT2D eigenvalue weighted by Gasteiger charge is 2.21. The highest BCUT2D eigenvalue weighted by atomic mass is 16.3. The normalized spacial score (nSPS) is 24.9. The molecule has 14 heavy (non-hydrogen) atoms. The standard InChI is InChI=1S/C13H24O/c1-2-13(14)11-9-7-5-3-4-6-8-10-12-13/h2,14H,1,3-12H2. The Hall–Kier alpha value is -0.300. The molecular formula is C13H24O. The molecule has 0 saturated heterocycles. The van der Waals surface area contributed by atoms with Crippen molar-refractivity contribution in [1.82, 2.24) is 0 Å². The van der Waals surface area contributed by atoms with E-state index in [0.29, 0.717) is 0 Å². The van der Waals surface area contributed by atoms with Crippen LogP contribution < -0.4 is 0 Å². The van der Waals surface area contributed by atoms with Crippen LogP contribution in [0.25, 0.3) is 0 Å². The van der Waals surface area contributed by atoms with Gasteiger partial charge in [0, 0.05) is 0 Å². The van der Waals surface area contributed by atoms with Gasteiger partial charge in [-0.15, -0.1) is 6.58 Å². The molecule has 1 fully saturated rings. The minimum absolute atomic E-state index is 0.565. The first kappa shape index (κ1) is 11.8. The Kier molecular flexibility index (Phi) is 5.24. The van der Waals surface area contributed by atoms with E-state index in [1.165, 1.54) is 38.5 Å². The topological polar surface area (TPSA) is 20.2 Å². The fourth-order valence-corrected chi connectivity index (χ4v) is 2.25. The third kappa shape index (κ3) is 4.28. The first-order valence-electron chi connectivity index (χ1n) is 6.13. The van der Waals surface area contributed by atoms with E-state index in [-0.39, 0.29) is 0 Å². The van der Waals surface area contributed by atoms with Gasteiger partial charge in [0.1, 0.15) is 0 Å². The Labute approximate surface area is 88.2 Å². The Morgan fingerprint density at radius 2 is 1.14 bits per heavy atom. The number of aliphatic hydroxyl groups is 1. The van der Waals surface area contributed by atoms with E-state index in [1.54, 1.807) is 6.08 Å². The molecule has 0 aliphatic heterocycles. The van der Waals surface area contributed by atoms with Gasteiger partial charge in [0.05, 0.1) is 5.60 Å². The zero-order chi connectivity index (χ0) is 10.3. The van der Waals surface area contributed by atoms with Crippen molar-refractivity contribution in [2.24, 2.45) is 0 Å². The van der Waals surface area contributed by atoms with Crippen LogP contribution in [-0.2, 0) is 0 Å². The van der Waals surface area contributed by atoms with Crippen molar-refractivity contribution in [2.75, 3.05) is 0 Å². The minimum atomic E-state index is -0.565. The molecule has 0 spiro atoms. The molecule has 0 aromatic heterocycles. The first-order chi connectivity index (χ1) is 6.77. The van der Waals surface area contributed by atoms with Gasteiger partial charge >= 0.3 is 0 Å². The fourth-order valence-electron chi connectivity index (χ4n) is 2.25. The van der Waals surface area contributed by atoms with Crippen LogP contribution in [0.4, 0.5) is 0 Å². The Morgan fingerprint density at radius 1 is 0.786 bits per heavy atom. The molecule has 0 unspecified atom stereocenters. The smallest absolute Gasteiger partial charge is 0.0825 e. The van der Waals surface area contributed by atoms with Crippen molar-refractivity contribution >= 4 is 0 Å². The van der Waals surface area contributed by atoms with Crippen molar-refractivity contribution < 1.29 is 5.11 Å². The molecule has 1 aliphatic carbocycles. The Balaban J connectivity index is 2.39. The first-order valence-corrected chi connectivity index (χ1v) is 6.13. The Morgan fingerprint density at radius 3 is 1.50 bits per heavy atom. The van der Waals surface area contributed by atoms with Gasteiger partial charge in [0.25, 0.3) is 0 Å². The van der Waals surface area contributed by atoms with Gasteiger partial charge in [-0.25, -0.2) is 0 Å². The van der Waals surface area contributed by atoms with E-state index >= 15 is 0 Å². The molecule has 1 N–H and O–H groups in total. The number of rotatable bonds is 1. The SMILES string of the molecule is C=CC1(O)CCCCCCCCCC1. The fraction of sp³-hybridized carbons (Fsp3) is 0.846. The lowest BCUT2D eigenvalue weighted by molar-refractivity contribution is 0.0672. The quantitative estimate of drug-likeness (QED) is 0.632. The summed E-state index contributed by atoms with van der Waals surface area (Å²) in [4.78, 5) is 0. The molecule has 82 valence electrons. The predicted octanol–water partition coefficient (Wildman–Crippen LogP) is 3.82. The van der Waals surface area contributed by atoms with Crippen LogP contribution in [0.1, 0.15) is 64.2 Å². The maximum atomic E-state index is 10.2. The van der Waals surface area contributed by atoms with E-state index < -0.39 is 5.60 Å². The number of hydrogen-bond acceptors (Lipinski definition) is 1. The van der Waals surface area contributed by atoms with Crippen LogP contribution in [-0.4, -0.2) is 10.7 Å². The van der Waals surface area contributed by atoms with Crippen LogP contribution in [0.3, 0.4) is 0 Å². The summed E-state index contributed by atoms with van der Waals surface area (Å²) < 4.78 is 0. The van der Waals surface area contributed by atoms with Crippen LogP contribution in [0.15, 0.2) is 12.7 Å². The van der Waals surface area contributed by atoms with Crippen LogP contribution in [0, 0.1) is 0 Å². The van der Waals surface area contributed by atoms with Crippen LogP contribution in [0.5, 0.6) is 0 Å². The third-order valence-corrected chi connectivity index (χ3v) is 3.35. The molecule has 0 atom stereocenters. The van der Waals surface area contributed by atoms with E-state index in [2.05, 4.69) is 6.58 Å². The molecule has 1 aliphatic rings. The molecule has 1 saturated carbocycles. The molecule has 0 aromatic carbocycles. The summed E-state index contributed by atoms with van der Waals surface area (Å²) in [7, 11) is 0. The summed E-state index contributed by atoms with van der Waals surface area (Å²) in [5.74, 6) is 0. The molecule has 1 nitrogen and oxygen atoms in total. The molecular weight excluding hydrogens is 172 g/mol. The molecule has 0 amide bonds. The maximum absolute atomic E-state index is 10.2. The van der Waals surface area contributed by atoms with Gasteiger partial charge in [0.15, 0.2) is 0 Å². The second kappa shape index (κ2) is 6.23. The molecule has 0 heterocycles. The van der Waals surface area contributed by atoms with E-state index in [0.717, 1.165) is 25.7 Å². The average Bonchev–Trinajstić information content (AvgIpc) is 2.24. The van der Waals surface area contributed by atoms with E-state index in [1.807, 2.05) is 0 Å². The lowest BCUT2D eigenvalue weighted by atomic mass is 9.91. The van der Waals surface area contributed by atoms with Gasteiger partial charge in [-0.2, -0.15) is 0 Å². The monoisotopic (exact) mass is 196 g/mol. The van der Waals surface area contributed by atoms with E-state index in [9.17, 15) is 5.11 Å². The zero-order valence-corrected chi connectivity index (χ0v) is 9.30. The zero-order valence-electron chi connectivity index (χ0n) is 9.30. The second-order valence-corrected chi connectivity index (χ2v) is 4.64. The van der Waals surface area contributed by atoms with Crippen molar-refractivity contribution in [1.29, 1.82) is 0 Å². The minimum Gasteiger partial charge on any atom is -0.386 e. The summed E-state index contributed by atoms with van der Waals surface area (Å²) in [6, 6.07) is 0. The van der Waals surface area contributed by atoms with Crippen molar-refractivity contribution in [2.45, 2.75) is 69.8 Å².